The van der Waals surface area contributed by atoms with Crippen LogP contribution < -0.4 is 16.4 Å². The van der Waals surface area contributed by atoms with Gasteiger partial charge in [0.1, 0.15) is 0 Å². The largest absolute Gasteiger partial charge is 0.435 e. The quantitative estimate of drug-likeness (QED) is 0.261. The van der Waals surface area contributed by atoms with Crippen LogP contribution in [0, 0.1) is 0 Å². The number of anilines is 1. The van der Waals surface area contributed by atoms with E-state index in [1.165, 1.54) is 28.7 Å². The van der Waals surface area contributed by atoms with E-state index in [4.69, 9.17) is 5.73 Å². The number of nitrogens with zero attached hydrogens (tertiary/aromatic N) is 4. The molecule has 9 nitrogen and oxygen atoms in total. The number of unbranched alkanes of at least 4 members (excludes halogenated alkanes) is 3. The van der Waals surface area contributed by atoms with E-state index in [1.54, 1.807) is 25.1 Å². The van der Waals surface area contributed by atoms with Crippen LogP contribution in [0.2, 0.25) is 0 Å². The maximum absolute atomic E-state index is 13.5. The molecule has 3 rings (SSSR count). The number of aryl methyl sites for hydroxylation is 1. The first-order valence-corrected chi connectivity index (χ1v) is 12.6. The minimum atomic E-state index is -4.66. The van der Waals surface area contributed by atoms with Crippen LogP contribution in [0.25, 0.3) is 11.3 Å². The number of imidazole rings is 1. The van der Waals surface area contributed by atoms with Gasteiger partial charge in [-0.05, 0) is 60.4 Å². The lowest BCUT2D eigenvalue weighted by Gasteiger charge is -2.11. The van der Waals surface area contributed by atoms with Crippen molar-refractivity contribution in [3.05, 3.63) is 52.1 Å². The molecule has 0 atom stereocenters. The molecule has 2 heterocycles. The second-order valence-corrected chi connectivity index (χ2v) is 9.23. The van der Waals surface area contributed by atoms with Gasteiger partial charge in [0.15, 0.2) is 11.5 Å². The Labute approximate surface area is 232 Å². The highest BCUT2D eigenvalue weighted by molar-refractivity contribution is 9.10. The van der Waals surface area contributed by atoms with Crippen molar-refractivity contribution in [2.45, 2.75) is 45.3 Å². The third kappa shape index (κ3) is 7.58. The number of carbonyl (C=O) groups excluding carboxylic acids is 2. The zero-order valence-electron chi connectivity index (χ0n) is 20.9. The minimum absolute atomic E-state index is 0. The van der Waals surface area contributed by atoms with Crippen molar-refractivity contribution in [1.82, 2.24) is 24.6 Å². The van der Waals surface area contributed by atoms with Crippen molar-refractivity contribution in [3.63, 3.8) is 0 Å². The molecule has 208 valence electrons. The van der Waals surface area contributed by atoms with Gasteiger partial charge >= 0.3 is 6.18 Å². The number of alkyl halides is 3. The van der Waals surface area contributed by atoms with Crippen LogP contribution in [-0.2, 0) is 19.8 Å². The summed E-state index contributed by atoms with van der Waals surface area (Å²) in [7, 11) is 1.46. The summed E-state index contributed by atoms with van der Waals surface area (Å²) in [4.78, 5) is 29.4. The Morgan fingerprint density at radius 2 is 1.84 bits per heavy atom. The molecule has 0 saturated heterocycles. The minimum Gasteiger partial charge on any atom is -0.352 e. The van der Waals surface area contributed by atoms with Crippen molar-refractivity contribution in [2.75, 3.05) is 18.4 Å². The monoisotopic (exact) mass is 619 g/mol. The van der Waals surface area contributed by atoms with E-state index in [-0.39, 0.29) is 41.9 Å². The maximum atomic E-state index is 13.5. The lowest BCUT2D eigenvalue weighted by atomic mass is 10.1. The molecule has 38 heavy (non-hydrogen) atoms. The fourth-order valence-electron chi connectivity index (χ4n) is 3.73. The Morgan fingerprint density at radius 3 is 2.47 bits per heavy atom. The lowest BCUT2D eigenvalue weighted by molar-refractivity contribution is -0.141. The van der Waals surface area contributed by atoms with Gasteiger partial charge in [-0.1, -0.05) is 12.8 Å². The van der Waals surface area contributed by atoms with Crippen molar-refractivity contribution in [2.24, 2.45) is 12.8 Å². The average Bonchev–Trinajstić information content (AvgIpc) is 3.44. The molecule has 0 aliphatic heterocycles. The Hall–Kier alpha value is -2.90. The number of nitrogens with one attached hydrogen (secondary N) is 2. The van der Waals surface area contributed by atoms with Crippen LogP contribution in [0.1, 0.15) is 59.3 Å². The molecule has 0 radical (unpaired) electrons. The molecule has 3 aromatic rings. The van der Waals surface area contributed by atoms with Crippen molar-refractivity contribution >= 4 is 45.8 Å². The second kappa shape index (κ2) is 13.8. The number of nitrogens with two attached hydrogens (primary N) is 1. The van der Waals surface area contributed by atoms with Crippen LogP contribution >= 0.6 is 28.3 Å². The Morgan fingerprint density at radius 1 is 1.13 bits per heavy atom. The number of hydrogen-bond acceptors (Lipinski definition) is 5. The summed E-state index contributed by atoms with van der Waals surface area (Å²) in [6.07, 6.45) is 1.65. The van der Waals surface area contributed by atoms with Gasteiger partial charge in [0, 0.05) is 36.5 Å². The van der Waals surface area contributed by atoms with Crippen molar-refractivity contribution in [3.8, 4) is 11.3 Å². The van der Waals surface area contributed by atoms with Gasteiger partial charge in [0.2, 0.25) is 0 Å². The molecule has 4 N–H and O–H groups in total. The zero-order valence-corrected chi connectivity index (χ0v) is 23.3. The summed E-state index contributed by atoms with van der Waals surface area (Å²) < 4.78 is 43.5. The van der Waals surface area contributed by atoms with Gasteiger partial charge in [-0.3, -0.25) is 14.3 Å². The number of aromatic nitrogens is 4. The number of halogens is 5. The SMILES string of the molecule is CCn1cc(-c2cnc(C(=O)Nc3ccc(C(=O)NCCCCCCN)c(Br)c3)n2C)c(C(F)(F)F)n1.Cl. The Kier molecular flexibility index (Phi) is 11.3. The lowest BCUT2D eigenvalue weighted by Crippen LogP contribution is -2.25. The Balaban J connectivity index is 0.00000507. The standard InChI is InChI=1S/C24H29BrF3N7O2.ClH/c1-3-35-14-17(20(33-35)24(26,27)28)19-13-31-21(34(19)2)23(37)32-15-8-9-16(18(25)12-15)22(36)30-11-7-5-4-6-10-29;/h8-9,12-14H,3-7,10-11,29H2,1-2H3,(H,30,36)(H,32,37);1H. The molecule has 2 amide bonds. The molecule has 0 bridgehead atoms. The average molecular weight is 621 g/mol. The van der Waals surface area contributed by atoms with Crippen LogP contribution in [-0.4, -0.2) is 44.2 Å². The van der Waals surface area contributed by atoms with Gasteiger partial charge in [-0.2, -0.15) is 18.3 Å². The highest BCUT2D eigenvalue weighted by Crippen LogP contribution is 2.36. The van der Waals surface area contributed by atoms with Crippen LogP contribution in [0.3, 0.4) is 0 Å². The van der Waals surface area contributed by atoms with E-state index >= 15 is 0 Å². The molecule has 0 aliphatic rings. The van der Waals surface area contributed by atoms with Gasteiger partial charge in [-0.25, -0.2) is 4.98 Å². The normalized spacial score (nSPS) is 11.2. The zero-order chi connectivity index (χ0) is 27.2. The highest BCUT2D eigenvalue weighted by atomic mass is 79.9. The van der Waals surface area contributed by atoms with E-state index in [1.807, 2.05) is 0 Å². The molecule has 0 fully saturated rings. The molecule has 14 heteroatoms. The van der Waals surface area contributed by atoms with Gasteiger partial charge in [0.25, 0.3) is 11.8 Å². The van der Waals surface area contributed by atoms with Crippen molar-refractivity contribution < 1.29 is 22.8 Å². The third-order valence-corrected chi connectivity index (χ3v) is 6.37. The topological polar surface area (TPSA) is 120 Å². The Bertz CT molecular complexity index is 1260. The molecule has 0 spiro atoms. The summed E-state index contributed by atoms with van der Waals surface area (Å²) in [6.45, 7) is 3.14. The summed E-state index contributed by atoms with van der Waals surface area (Å²) in [5, 5.41) is 9.14. The summed E-state index contributed by atoms with van der Waals surface area (Å²) in [5.74, 6) is -0.947. The molecule has 2 aromatic heterocycles. The number of amides is 2. The molecule has 0 aliphatic carbocycles. The first-order chi connectivity index (χ1) is 17.6. The van der Waals surface area contributed by atoms with E-state index in [9.17, 15) is 22.8 Å². The van der Waals surface area contributed by atoms with E-state index in [2.05, 4.69) is 36.6 Å². The van der Waals surface area contributed by atoms with Gasteiger partial charge < -0.3 is 20.9 Å². The highest BCUT2D eigenvalue weighted by Gasteiger charge is 2.38. The van der Waals surface area contributed by atoms with E-state index in [0.29, 0.717) is 28.8 Å². The summed E-state index contributed by atoms with van der Waals surface area (Å²) >= 11 is 3.36. The second-order valence-electron chi connectivity index (χ2n) is 8.38. The molecule has 0 saturated carbocycles. The summed E-state index contributed by atoms with van der Waals surface area (Å²) in [6, 6.07) is 4.71. The van der Waals surface area contributed by atoms with Crippen LogP contribution in [0.15, 0.2) is 35.1 Å². The smallest absolute Gasteiger partial charge is 0.352 e. The van der Waals surface area contributed by atoms with Gasteiger partial charge in [0.05, 0.1) is 23.0 Å². The van der Waals surface area contributed by atoms with E-state index < -0.39 is 17.8 Å². The number of carbonyl (C=O) groups is 2. The van der Waals surface area contributed by atoms with Crippen LogP contribution in [0.4, 0.5) is 18.9 Å². The number of hydrogen-bond donors (Lipinski definition) is 3. The fraction of sp³-hybridized carbons (Fsp3) is 0.417. The first-order valence-electron chi connectivity index (χ1n) is 11.8. The first kappa shape index (κ1) is 31.3. The predicted octanol–water partition coefficient (Wildman–Crippen LogP) is 5.01. The fourth-order valence-corrected chi connectivity index (χ4v) is 4.29. The molecule has 1 aromatic carbocycles. The molecule has 0 unspecified atom stereocenters. The molecular weight excluding hydrogens is 591 g/mol. The number of rotatable bonds is 11. The van der Waals surface area contributed by atoms with Gasteiger partial charge in [-0.15, -0.1) is 12.4 Å². The molecular formula is C24H30BrClF3N7O2. The third-order valence-electron chi connectivity index (χ3n) is 5.71. The van der Waals surface area contributed by atoms with E-state index in [0.717, 1.165) is 25.7 Å². The number of benzene rings is 1. The van der Waals surface area contributed by atoms with Crippen molar-refractivity contribution in [1.29, 1.82) is 0 Å². The van der Waals surface area contributed by atoms with Crippen LogP contribution in [0.5, 0.6) is 0 Å². The predicted molar refractivity (Wildman–Crippen MR) is 144 cm³/mol. The summed E-state index contributed by atoms with van der Waals surface area (Å²) in [5.41, 5.74) is 5.16. The maximum Gasteiger partial charge on any atom is 0.435 e.